The Hall–Kier alpha value is -2.54. The van der Waals surface area contributed by atoms with Crippen molar-refractivity contribution in [1.82, 2.24) is 9.97 Å². The van der Waals surface area contributed by atoms with E-state index >= 15 is 0 Å². The minimum absolute atomic E-state index is 0.553. The summed E-state index contributed by atoms with van der Waals surface area (Å²) in [4.78, 5) is 8.65. The number of hydrogen-bond donors (Lipinski definition) is 3. The van der Waals surface area contributed by atoms with E-state index in [9.17, 15) is 0 Å². The Kier molecular flexibility index (Phi) is 4.78. The summed E-state index contributed by atoms with van der Waals surface area (Å²) in [5, 5.41) is 3.20. The summed E-state index contributed by atoms with van der Waals surface area (Å²) in [5.41, 5.74) is 3.31. The third kappa shape index (κ3) is 3.51. The molecule has 0 fully saturated rings. The van der Waals surface area contributed by atoms with Gasteiger partial charge in [-0.05, 0) is 12.1 Å². The van der Waals surface area contributed by atoms with E-state index in [-0.39, 0.29) is 0 Å². The lowest BCUT2D eigenvalue weighted by molar-refractivity contribution is 0.395. The second-order valence-corrected chi connectivity index (χ2v) is 4.24. The van der Waals surface area contributed by atoms with Crippen LogP contribution in [0.5, 0.6) is 11.5 Å². The molecule has 0 aliphatic heterocycles. The number of hydrazine groups is 1. The largest absolute Gasteiger partial charge is 0.497 e. The van der Waals surface area contributed by atoms with Crippen molar-refractivity contribution in [2.45, 2.75) is 13.3 Å². The van der Waals surface area contributed by atoms with E-state index in [1.165, 1.54) is 0 Å². The van der Waals surface area contributed by atoms with Crippen LogP contribution in [0.2, 0.25) is 0 Å². The number of rotatable bonds is 6. The van der Waals surface area contributed by atoms with E-state index < -0.39 is 0 Å². The van der Waals surface area contributed by atoms with Crippen LogP contribution in [0.25, 0.3) is 0 Å². The van der Waals surface area contributed by atoms with Gasteiger partial charge in [-0.25, -0.2) is 15.8 Å². The molecular formula is C14H19N5O2. The molecule has 7 nitrogen and oxygen atoms in total. The van der Waals surface area contributed by atoms with Gasteiger partial charge in [0.05, 0.1) is 19.9 Å². The van der Waals surface area contributed by atoms with Gasteiger partial charge in [0, 0.05) is 18.6 Å². The quantitative estimate of drug-likeness (QED) is 0.553. The van der Waals surface area contributed by atoms with E-state index in [1.54, 1.807) is 26.4 Å². The second kappa shape index (κ2) is 6.76. The highest BCUT2D eigenvalue weighted by Gasteiger charge is 2.08. The van der Waals surface area contributed by atoms with Crippen LogP contribution < -0.4 is 26.1 Å². The van der Waals surface area contributed by atoms with Crippen LogP contribution in [0, 0.1) is 0 Å². The number of ether oxygens (including phenoxy) is 2. The molecule has 0 amide bonds. The number of nitrogens with two attached hydrogens (primary N) is 1. The lowest BCUT2D eigenvalue weighted by atomic mass is 10.2. The number of nitrogens with zero attached hydrogens (tertiary/aromatic N) is 2. The molecule has 0 unspecified atom stereocenters. The summed E-state index contributed by atoms with van der Waals surface area (Å²) < 4.78 is 10.5. The fourth-order valence-corrected chi connectivity index (χ4v) is 1.83. The minimum atomic E-state index is 0.553. The third-order valence-electron chi connectivity index (χ3n) is 2.91. The van der Waals surface area contributed by atoms with Gasteiger partial charge in [-0.15, -0.1) is 0 Å². The van der Waals surface area contributed by atoms with Crippen molar-refractivity contribution in [1.29, 1.82) is 0 Å². The van der Waals surface area contributed by atoms with Crippen LogP contribution >= 0.6 is 0 Å². The zero-order valence-corrected chi connectivity index (χ0v) is 12.3. The zero-order chi connectivity index (χ0) is 15.2. The first-order chi connectivity index (χ1) is 10.2. The van der Waals surface area contributed by atoms with Crippen LogP contribution in [-0.4, -0.2) is 24.2 Å². The van der Waals surface area contributed by atoms with Crippen molar-refractivity contribution < 1.29 is 9.47 Å². The van der Waals surface area contributed by atoms with Crippen LogP contribution in [-0.2, 0) is 6.42 Å². The summed E-state index contributed by atoms with van der Waals surface area (Å²) >= 11 is 0. The lowest BCUT2D eigenvalue weighted by Crippen LogP contribution is -2.11. The first kappa shape index (κ1) is 14.9. The minimum Gasteiger partial charge on any atom is -0.497 e. The molecular weight excluding hydrogens is 270 g/mol. The fraction of sp³-hybridized carbons (Fsp3) is 0.286. The van der Waals surface area contributed by atoms with Crippen LogP contribution in [0.1, 0.15) is 12.7 Å². The molecule has 0 aliphatic rings. The molecule has 0 saturated heterocycles. The average Bonchev–Trinajstić information content (AvgIpc) is 2.54. The first-order valence-electron chi connectivity index (χ1n) is 6.53. The van der Waals surface area contributed by atoms with Crippen molar-refractivity contribution in [3.05, 3.63) is 30.1 Å². The van der Waals surface area contributed by atoms with E-state index in [4.69, 9.17) is 15.3 Å². The second-order valence-electron chi connectivity index (χ2n) is 4.24. The Labute approximate surface area is 123 Å². The fourth-order valence-electron chi connectivity index (χ4n) is 1.83. The van der Waals surface area contributed by atoms with Gasteiger partial charge in [-0.2, -0.15) is 0 Å². The highest BCUT2D eigenvalue weighted by atomic mass is 16.5. The van der Waals surface area contributed by atoms with Crippen molar-refractivity contribution in [2.75, 3.05) is 25.0 Å². The smallest absolute Gasteiger partial charge is 0.146 e. The molecule has 0 atom stereocenters. The molecule has 0 spiro atoms. The average molecular weight is 289 g/mol. The van der Waals surface area contributed by atoms with Crippen molar-refractivity contribution >= 4 is 17.3 Å². The molecule has 1 aromatic carbocycles. The monoisotopic (exact) mass is 289 g/mol. The van der Waals surface area contributed by atoms with Crippen molar-refractivity contribution in [2.24, 2.45) is 5.84 Å². The van der Waals surface area contributed by atoms with Gasteiger partial charge in [-0.3, -0.25) is 0 Å². The lowest BCUT2D eigenvalue weighted by Gasteiger charge is -2.13. The maximum Gasteiger partial charge on any atom is 0.146 e. The Balaban J connectivity index is 2.33. The van der Waals surface area contributed by atoms with E-state index in [2.05, 4.69) is 20.7 Å². The summed E-state index contributed by atoms with van der Waals surface area (Å²) in [7, 11) is 3.21. The van der Waals surface area contributed by atoms with Crippen molar-refractivity contribution in [3.63, 3.8) is 0 Å². The molecule has 21 heavy (non-hydrogen) atoms. The van der Waals surface area contributed by atoms with Crippen molar-refractivity contribution in [3.8, 4) is 11.5 Å². The number of hydrogen-bond acceptors (Lipinski definition) is 7. The van der Waals surface area contributed by atoms with E-state index in [1.807, 2.05) is 19.1 Å². The maximum atomic E-state index is 5.42. The molecule has 1 aromatic heterocycles. The third-order valence-corrected chi connectivity index (χ3v) is 2.91. The van der Waals surface area contributed by atoms with Gasteiger partial charge in [0.1, 0.15) is 29.0 Å². The highest BCUT2D eigenvalue weighted by molar-refractivity contribution is 5.67. The summed E-state index contributed by atoms with van der Waals surface area (Å²) in [6.45, 7) is 1.98. The molecule has 4 N–H and O–H groups in total. The van der Waals surface area contributed by atoms with Gasteiger partial charge in [0.15, 0.2) is 0 Å². The number of aromatic nitrogens is 2. The molecule has 112 valence electrons. The summed E-state index contributed by atoms with van der Waals surface area (Å²) in [5.74, 6) is 8.69. The number of nitrogens with one attached hydrogen (secondary N) is 2. The molecule has 0 bridgehead atoms. The predicted octanol–water partition coefficient (Wildman–Crippen LogP) is 2.09. The molecule has 2 rings (SSSR count). The summed E-state index contributed by atoms with van der Waals surface area (Å²) in [6.07, 6.45) is 0.712. The van der Waals surface area contributed by atoms with Crippen LogP contribution in [0.3, 0.4) is 0 Å². The van der Waals surface area contributed by atoms with Gasteiger partial charge in [0.2, 0.25) is 0 Å². The molecule has 0 aliphatic carbocycles. The molecule has 7 heteroatoms. The van der Waals surface area contributed by atoms with Gasteiger partial charge in [-0.1, -0.05) is 6.92 Å². The Morgan fingerprint density at radius 1 is 1.10 bits per heavy atom. The topological polar surface area (TPSA) is 94.3 Å². The maximum absolute atomic E-state index is 5.42. The van der Waals surface area contributed by atoms with Crippen LogP contribution in [0.4, 0.5) is 17.3 Å². The SMILES string of the molecule is CCc1nc(NN)cc(Nc2ccc(OC)cc2OC)n1. The number of anilines is 3. The van der Waals surface area contributed by atoms with Gasteiger partial charge >= 0.3 is 0 Å². The highest BCUT2D eigenvalue weighted by Crippen LogP contribution is 2.31. The molecule has 0 radical (unpaired) electrons. The Bertz CT molecular complexity index is 596. The molecule has 0 saturated carbocycles. The number of aryl methyl sites for hydroxylation is 1. The van der Waals surface area contributed by atoms with Crippen LogP contribution in [0.15, 0.2) is 24.3 Å². The molecule has 2 aromatic rings. The van der Waals surface area contributed by atoms with Gasteiger partial charge in [0.25, 0.3) is 0 Å². The van der Waals surface area contributed by atoms with Gasteiger partial charge < -0.3 is 20.2 Å². The number of methoxy groups -OCH3 is 2. The normalized spacial score (nSPS) is 10.1. The first-order valence-corrected chi connectivity index (χ1v) is 6.53. The standard InChI is InChI=1S/C14H19N5O2/c1-4-12-17-13(8-14(18-12)19-15)16-10-6-5-9(20-2)7-11(10)21-3/h5-8H,4,15H2,1-3H3,(H2,16,17,18,19). The zero-order valence-electron chi connectivity index (χ0n) is 12.3. The number of nitrogen functional groups attached to an aromatic ring is 1. The predicted molar refractivity (Wildman–Crippen MR) is 82.0 cm³/mol. The molecule has 1 heterocycles. The van der Waals surface area contributed by atoms with E-state index in [0.717, 1.165) is 11.4 Å². The Morgan fingerprint density at radius 2 is 1.86 bits per heavy atom. The summed E-state index contributed by atoms with van der Waals surface area (Å²) in [6, 6.07) is 7.23. The number of benzene rings is 1. The van der Waals surface area contributed by atoms with E-state index in [0.29, 0.717) is 29.6 Å². The Morgan fingerprint density at radius 3 is 2.48 bits per heavy atom.